The summed E-state index contributed by atoms with van der Waals surface area (Å²) in [4.78, 5) is 33.4. The van der Waals surface area contributed by atoms with E-state index >= 15 is 0 Å². The predicted molar refractivity (Wildman–Crippen MR) is 107 cm³/mol. The van der Waals surface area contributed by atoms with Crippen molar-refractivity contribution in [3.05, 3.63) is 47.8 Å². The number of H-pyrrole nitrogens is 1. The minimum Gasteiger partial charge on any atom is -0.387 e. The Labute approximate surface area is 168 Å². The second kappa shape index (κ2) is 5.93. The number of methoxy groups -OCH3 is 1. The van der Waals surface area contributed by atoms with Gasteiger partial charge in [-0.3, -0.25) is 9.59 Å². The van der Waals surface area contributed by atoms with Gasteiger partial charge in [0.05, 0.1) is 0 Å². The minimum atomic E-state index is -1.63. The van der Waals surface area contributed by atoms with Crippen molar-refractivity contribution < 1.29 is 19.4 Å². The quantitative estimate of drug-likeness (QED) is 0.769. The van der Waals surface area contributed by atoms with Crippen LogP contribution in [0.4, 0.5) is 0 Å². The number of nitrogens with one attached hydrogen (secondary N) is 1. The molecular formula is C22H25N3O4. The molecule has 2 amide bonds. The molecule has 0 unspecified atom stereocenters. The average molecular weight is 395 g/mol. The van der Waals surface area contributed by atoms with Gasteiger partial charge in [-0.05, 0) is 18.1 Å². The number of ether oxygens (including phenoxy) is 1. The number of hydrogen-bond acceptors (Lipinski definition) is 4. The van der Waals surface area contributed by atoms with Crippen LogP contribution in [-0.2, 0) is 26.2 Å². The van der Waals surface area contributed by atoms with Gasteiger partial charge in [0.25, 0.3) is 11.6 Å². The first-order valence-corrected chi connectivity index (χ1v) is 9.98. The van der Waals surface area contributed by atoms with Crippen molar-refractivity contribution in [1.29, 1.82) is 0 Å². The predicted octanol–water partition coefficient (Wildman–Crippen LogP) is 1.66. The lowest BCUT2D eigenvalue weighted by Crippen LogP contribution is -2.72. The molecule has 4 heterocycles. The molecule has 0 saturated carbocycles. The van der Waals surface area contributed by atoms with Gasteiger partial charge in [-0.1, -0.05) is 38.1 Å². The number of amides is 2. The molecule has 7 nitrogen and oxygen atoms in total. The topological polar surface area (TPSA) is 85.9 Å². The molecule has 0 spiro atoms. The number of aliphatic hydroxyl groups excluding tert-OH is 1. The lowest BCUT2D eigenvalue weighted by atomic mass is 9.82. The van der Waals surface area contributed by atoms with E-state index in [0.29, 0.717) is 19.4 Å². The standard InChI is InChI=1S/C22H25N3O4/c1-21(2)9-11-24-16(12-14-13-6-4-5-7-15(13)23-18(14)21)19(27)25-10-8-17(26)22(25,29-3)20(24)28/h4-7,9,11,16-17,23,26H,8,10,12H2,1-3H3/b11-9-/t16-,17-,22+/m0/s1. The summed E-state index contributed by atoms with van der Waals surface area (Å²) in [5, 5.41) is 11.6. The van der Waals surface area contributed by atoms with Gasteiger partial charge in [0.2, 0.25) is 5.91 Å². The van der Waals surface area contributed by atoms with E-state index in [2.05, 4.69) is 18.8 Å². The molecule has 152 valence electrons. The van der Waals surface area contributed by atoms with Crippen molar-refractivity contribution >= 4 is 22.7 Å². The minimum absolute atomic E-state index is 0.191. The summed E-state index contributed by atoms with van der Waals surface area (Å²) in [7, 11) is 1.38. The molecule has 29 heavy (non-hydrogen) atoms. The monoisotopic (exact) mass is 395 g/mol. The zero-order valence-electron chi connectivity index (χ0n) is 16.8. The first kappa shape index (κ1) is 18.4. The zero-order chi connectivity index (χ0) is 20.6. The Morgan fingerprint density at radius 2 is 2.00 bits per heavy atom. The number of nitrogens with zero attached hydrogens (tertiary/aromatic N) is 2. The number of rotatable bonds is 1. The van der Waals surface area contributed by atoms with E-state index < -0.39 is 17.9 Å². The fraction of sp³-hybridized carbons (Fsp3) is 0.455. The molecule has 2 N–H and O–H groups in total. The maximum Gasteiger partial charge on any atom is 0.283 e. The molecule has 0 bridgehead atoms. The molecule has 3 aliphatic rings. The summed E-state index contributed by atoms with van der Waals surface area (Å²) in [6, 6.07) is 7.37. The average Bonchev–Trinajstić information content (AvgIpc) is 3.24. The van der Waals surface area contributed by atoms with Gasteiger partial charge in [0, 0.05) is 48.3 Å². The third-order valence-electron chi connectivity index (χ3n) is 6.73. The van der Waals surface area contributed by atoms with E-state index in [9.17, 15) is 14.7 Å². The summed E-state index contributed by atoms with van der Waals surface area (Å²) in [5.41, 5.74) is 1.12. The molecule has 5 rings (SSSR count). The SMILES string of the molecule is CO[C@]12C(=O)N3/C=C\C(C)(C)c4[nH]c5ccccc5c4C[C@H]3C(=O)N1CC[C@@H]2O. The second-order valence-corrected chi connectivity index (χ2v) is 8.69. The van der Waals surface area contributed by atoms with Crippen molar-refractivity contribution in [2.75, 3.05) is 13.7 Å². The van der Waals surface area contributed by atoms with E-state index in [1.807, 2.05) is 30.3 Å². The highest BCUT2D eigenvalue weighted by Crippen LogP contribution is 2.42. The third kappa shape index (κ3) is 2.25. The summed E-state index contributed by atoms with van der Waals surface area (Å²) in [6.07, 6.45) is 3.32. The van der Waals surface area contributed by atoms with Crippen LogP contribution in [0.5, 0.6) is 0 Å². The van der Waals surface area contributed by atoms with Crippen LogP contribution in [0.2, 0.25) is 0 Å². The maximum absolute atomic E-state index is 13.5. The molecule has 1 aromatic heterocycles. The van der Waals surface area contributed by atoms with E-state index in [1.165, 1.54) is 16.9 Å². The highest BCUT2D eigenvalue weighted by Gasteiger charge is 2.63. The van der Waals surface area contributed by atoms with Crippen LogP contribution in [0.25, 0.3) is 10.9 Å². The number of carbonyl (C=O) groups is 2. The molecule has 7 heteroatoms. The van der Waals surface area contributed by atoms with Crippen LogP contribution in [0, 0.1) is 0 Å². The highest BCUT2D eigenvalue weighted by atomic mass is 16.5. The van der Waals surface area contributed by atoms with Crippen LogP contribution in [0.1, 0.15) is 31.5 Å². The molecule has 0 radical (unpaired) electrons. The summed E-state index contributed by atoms with van der Waals surface area (Å²) in [5.74, 6) is -0.575. The van der Waals surface area contributed by atoms with Crippen LogP contribution in [0.3, 0.4) is 0 Å². The Hall–Kier alpha value is -2.64. The van der Waals surface area contributed by atoms with Crippen LogP contribution in [-0.4, -0.2) is 63.2 Å². The molecule has 2 saturated heterocycles. The van der Waals surface area contributed by atoms with Crippen molar-refractivity contribution in [3.8, 4) is 0 Å². The number of benzene rings is 1. The van der Waals surface area contributed by atoms with Gasteiger partial charge in [-0.25, -0.2) is 0 Å². The molecule has 2 aromatic rings. The number of allylic oxidation sites excluding steroid dienone is 1. The molecule has 1 aromatic carbocycles. The van der Waals surface area contributed by atoms with Gasteiger partial charge >= 0.3 is 0 Å². The lowest BCUT2D eigenvalue weighted by molar-refractivity contribution is -0.210. The van der Waals surface area contributed by atoms with Gasteiger partial charge in [-0.15, -0.1) is 0 Å². The van der Waals surface area contributed by atoms with Crippen molar-refractivity contribution in [2.45, 2.75) is 50.0 Å². The molecule has 0 aliphatic carbocycles. The van der Waals surface area contributed by atoms with Crippen molar-refractivity contribution in [1.82, 2.24) is 14.8 Å². The number of aromatic amines is 1. The summed E-state index contributed by atoms with van der Waals surface area (Å²) >= 11 is 0. The third-order valence-corrected chi connectivity index (χ3v) is 6.73. The summed E-state index contributed by atoms with van der Waals surface area (Å²) < 4.78 is 5.52. The number of para-hydroxylation sites is 1. The van der Waals surface area contributed by atoms with Crippen LogP contribution >= 0.6 is 0 Å². The number of aliphatic hydroxyl groups is 1. The smallest absolute Gasteiger partial charge is 0.283 e. The van der Waals surface area contributed by atoms with Gasteiger partial charge in [0.1, 0.15) is 12.1 Å². The summed E-state index contributed by atoms with van der Waals surface area (Å²) in [6.45, 7) is 4.47. The van der Waals surface area contributed by atoms with Crippen LogP contribution in [0.15, 0.2) is 36.5 Å². The normalized spacial score (nSPS) is 31.9. The first-order chi connectivity index (χ1) is 13.8. The maximum atomic E-state index is 13.5. The number of piperazine rings is 1. The second-order valence-electron chi connectivity index (χ2n) is 8.69. The van der Waals surface area contributed by atoms with E-state index in [4.69, 9.17) is 4.74 Å². The van der Waals surface area contributed by atoms with Gasteiger partial charge < -0.3 is 24.6 Å². The van der Waals surface area contributed by atoms with Crippen molar-refractivity contribution in [2.24, 2.45) is 0 Å². The van der Waals surface area contributed by atoms with E-state index in [-0.39, 0.29) is 17.2 Å². The van der Waals surface area contributed by atoms with Gasteiger partial charge in [-0.2, -0.15) is 0 Å². The first-order valence-electron chi connectivity index (χ1n) is 9.98. The fourth-order valence-corrected chi connectivity index (χ4v) is 5.15. The molecule has 3 aliphatic heterocycles. The largest absolute Gasteiger partial charge is 0.387 e. The molecule has 2 fully saturated rings. The number of hydrogen-bond donors (Lipinski definition) is 2. The molecule has 3 atom stereocenters. The van der Waals surface area contributed by atoms with E-state index in [1.54, 1.807) is 6.20 Å². The van der Waals surface area contributed by atoms with Crippen molar-refractivity contribution in [3.63, 3.8) is 0 Å². The Morgan fingerprint density at radius 1 is 1.24 bits per heavy atom. The fourth-order valence-electron chi connectivity index (χ4n) is 5.15. The number of fused-ring (bicyclic) bond motifs is 5. The number of carbonyl (C=O) groups excluding carboxylic acids is 2. The van der Waals surface area contributed by atoms with Gasteiger partial charge in [0.15, 0.2) is 0 Å². The Bertz CT molecular complexity index is 1060. The zero-order valence-corrected chi connectivity index (χ0v) is 16.8. The Kier molecular flexibility index (Phi) is 3.76. The lowest BCUT2D eigenvalue weighted by Gasteiger charge is -2.48. The van der Waals surface area contributed by atoms with Crippen LogP contribution < -0.4 is 0 Å². The van der Waals surface area contributed by atoms with E-state index in [0.717, 1.165) is 22.2 Å². The molecular weight excluding hydrogens is 370 g/mol. The Morgan fingerprint density at radius 3 is 2.76 bits per heavy atom. The number of aromatic nitrogens is 1. The Balaban J connectivity index is 1.69. The highest BCUT2D eigenvalue weighted by molar-refractivity contribution is 6.01.